The summed E-state index contributed by atoms with van der Waals surface area (Å²) in [5.74, 6) is -1.00. The van der Waals surface area contributed by atoms with E-state index in [1.54, 1.807) is 0 Å². The molecule has 11 heteroatoms. The van der Waals surface area contributed by atoms with Crippen molar-refractivity contribution >= 4 is 39.3 Å². The van der Waals surface area contributed by atoms with E-state index in [-0.39, 0.29) is 29.4 Å². The predicted molar refractivity (Wildman–Crippen MR) is 69.0 cm³/mol. The molecule has 0 aliphatic carbocycles. The van der Waals surface area contributed by atoms with Crippen LogP contribution in [0.3, 0.4) is 0 Å². The summed E-state index contributed by atoms with van der Waals surface area (Å²) in [6, 6.07) is -0.949. The van der Waals surface area contributed by atoms with Gasteiger partial charge in [-0.05, 0) is 17.8 Å². The van der Waals surface area contributed by atoms with E-state index in [4.69, 9.17) is 5.73 Å². The number of aromatic nitrogens is 1. The van der Waals surface area contributed by atoms with Gasteiger partial charge in [0.2, 0.25) is 11.8 Å². The number of nitrogens with one attached hydrogen (secondary N) is 2. The topological polar surface area (TPSA) is 157 Å². The molecule has 0 unspecified atom stereocenters. The molecule has 1 aromatic heterocycles. The number of anilines is 1. The van der Waals surface area contributed by atoms with Crippen molar-refractivity contribution in [3.05, 3.63) is 16.3 Å². The van der Waals surface area contributed by atoms with Gasteiger partial charge in [0, 0.05) is 12.8 Å². The van der Waals surface area contributed by atoms with Crippen LogP contribution < -0.4 is 16.4 Å². The molecule has 0 aliphatic heterocycles. The quantitative estimate of drug-likeness (QED) is 0.508. The molecular formula is C9H11N5O5S. The first-order valence-corrected chi connectivity index (χ1v) is 6.19. The van der Waals surface area contributed by atoms with Crippen LogP contribution in [0.5, 0.6) is 0 Å². The molecule has 4 amide bonds. The monoisotopic (exact) mass is 301 g/mol. The lowest BCUT2D eigenvalue weighted by atomic mass is 10.2. The lowest BCUT2D eigenvalue weighted by Crippen LogP contribution is -2.34. The Balaban J connectivity index is 2.31. The molecule has 0 atom stereocenters. The Morgan fingerprint density at radius 2 is 2.00 bits per heavy atom. The number of nitrogens with zero attached hydrogens (tertiary/aromatic N) is 2. The largest absolute Gasteiger partial charge is 0.351 e. The van der Waals surface area contributed by atoms with Gasteiger partial charge in [-0.25, -0.2) is 9.78 Å². The molecule has 0 fully saturated rings. The van der Waals surface area contributed by atoms with Gasteiger partial charge in [-0.15, -0.1) is 0 Å². The van der Waals surface area contributed by atoms with Gasteiger partial charge in [-0.1, -0.05) is 0 Å². The van der Waals surface area contributed by atoms with E-state index < -0.39 is 22.8 Å². The zero-order valence-corrected chi connectivity index (χ0v) is 10.9. The summed E-state index contributed by atoms with van der Waals surface area (Å²) in [5.41, 5.74) is 4.74. The Labute approximate surface area is 116 Å². The third-order valence-electron chi connectivity index (χ3n) is 1.99. The molecule has 20 heavy (non-hydrogen) atoms. The molecule has 4 N–H and O–H groups in total. The minimum atomic E-state index is -0.949. The van der Waals surface area contributed by atoms with E-state index in [1.807, 2.05) is 5.32 Å². The molecule has 1 heterocycles. The Morgan fingerprint density at radius 1 is 1.35 bits per heavy atom. The van der Waals surface area contributed by atoms with Crippen LogP contribution in [0.25, 0.3) is 0 Å². The van der Waals surface area contributed by atoms with Crippen LogP contribution in [0, 0.1) is 10.1 Å². The van der Waals surface area contributed by atoms with Gasteiger partial charge in [0.25, 0.3) is 0 Å². The molecule has 108 valence electrons. The van der Waals surface area contributed by atoms with Crippen LogP contribution in [0.15, 0.2) is 6.20 Å². The number of carbonyl (C=O) groups is 3. The second-order valence-corrected chi connectivity index (χ2v) is 4.58. The first-order valence-electron chi connectivity index (χ1n) is 5.38. The third kappa shape index (κ3) is 5.39. The number of hydrogen-bond acceptors (Lipinski definition) is 7. The summed E-state index contributed by atoms with van der Waals surface area (Å²) >= 11 is 0.735. The van der Waals surface area contributed by atoms with Crippen LogP contribution in [-0.4, -0.2) is 27.8 Å². The van der Waals surface area contributed by atoms with Crippen molar-refractivity contribution in [2.24, 2.45) is 5.73 Å². The maximum Gasteiger partial charge on any atom is 0.345 e. The lowest BCUT2D eigenvalue weighted by molar-refractivity contribution is -0.380. The highest BCUT2D eigenvalue weighted by Gasteiger charge is 2.13. The van der Waals surface area contributed by atoms with Crippen LogP contribution in [0.2, 0.25) is 0 Å². The third-order valence-corrected chi connectivity index (χ3v) is 2.85. The summed E-state index contributed by atoms with van der Waals surface area (Å²) in [5, 5.41) is 14.6. The number of carbonyl (C=O) groups excluding carboxylic acids is 3. The number of amides is 4. The van der Waals surface area contributed by atoms with Crippen molar-refractivity contribution in [1.82, 2.24) is 10.3 Å². The van der Waals surface area contributed by atoms with Crippen molar-refractivity contribution in [2.45, 2.75) is 19.3 Å². The molecule has 0 saturated heterocycles. The zero-order chi connectivity index (χ0) is 15.1. The number of nitrogens with two attached hydrogens (primary N) is 1. The molecule has 0 aliphatic rings. The fourth-order valence-electron chi connectivity index (χ4n) is 1.20. The molecule has 0 radical (unpaired) electrons. The molecule has 0 aromatic carbocycles. The van der Waals surface area contributed by atoms with E-state index >= 15 is 0 Å². The SMILES string of the molecule is NC(=O)NC(=O)CCCC(=O)Nc1ncc([N+](=O)[O-])s1. The van der Waals surface area contributed by atoms with Crippen molar-refractivity contribution in [1.29, 1.82) is 0 Å². The Morgan fingerprint density at radius 3 is 2.55 bits per heavy atom. The molecule has 1 rings (SSSR count). The number of urea groups is 1. The molecule has 10 nitrogen and oxygen atoms in total. The number of nitro groups is 1. The smallest absolute Gasteiger partial charge is 0.345 e. The summed E-state index contributed by atoms with van der Waals surface area (Å²) < 4.78 is 0. The summed E-state index contributed by atoms with van der Waals surface area (Å²) in [6.07, 6.45) is 1.23. The van der Waals surface area contributed by atoms with Crippen molar-refractivity contribution < 1.29 is 19.3 Å². The zero-order valence-electron chi connectivity index (χ0n) is 10.1. The highest BCUT2D eigenvalue weighted by atomic mass is 32.1. The van der Waals surface area contributed by atoms with Crippen LogP contribution in [0.4, 0.5) is 14.9 Å². The average molecular weight is 301 g/mol. The second-order valence-electron chi connectivity index (χ2n) is 3.57. The van der Waals surface area contributed by atoms with Gasteiger partial charge in [-0.3, -0.25) is 25.0 Å². The minimum Gasteiger partial charge on any atom is -0.351 e. The standard InChI is InChI=1S/C9H11N5O5S/c10-8(17)12-5(15)2-1-3-6(16)13-9-11-4-7(20-9)14(18)19/h4H,1-3H2,(H,11,13,16)(H3,10,12,15,17). The van der Waals surface area contributed by atoms with Crippen molar-refractivity contribution in [2.75, 3.05) is 5.32 Å². The Kier molecular flexibility index (Phi) is 5.53. The minimum absolute atomic E-state index is 0.0135. The van der Waals surface area contributed by atoms with E-state index in [9.17, 15) is 24.5 Å². The lowest BCUT2D eigenvalue weighted by Gasteiger charge is -2.01. The normalized spacial score (nSPS) is 9.80. The molecule has 1 aromatic rings. The number of thiazole rings is 1. The summed E-state index contributed by atoms with van der Waals surface area (Å²) in [6.45, 7) is 0. The van der Waals surface area contributed by atoms with E-state index in [1.165, 1.54) is 0 Å². The molecule has 0 bridgehead atoms. The summed E-state index contributed by atoms with van der Waals surface area (Å²) in [7, 11) is 0. The molecule has 0 spiro atoms. The van der Waals surface area contributed by atoms with Crippen molar-refractivity contribution in [3.8, 4) is 0 Å². The molecular weight excluding hydrogens is 290 g/mol. The van der Waals surface area contributed by atoms with Gasteiger partial charge in [0.15, 0.2) is 5.13 Å². The highest BCUT2D eigenvalue weighted by molar-refractivity contribution is 7.18. The van der Waals surface area contributed by atoms with Gasteiger partial charge in [0.05, 0.1) is 4.92 Å². The molecule has 0 saturated carbocycles. The average Bonchev–Trinajstić information content (AvgIpc) is 2.76. The van der Waals surface area contributed by atoms with Crippen molar-refractivity contribution in [3.63, 3.8) is 0 Å². The van der Waals surface area contributed by atoms with Crippen LogP contribution >= 0.6 is 11.3 Å². The van der Waals surface area contributed by atoms with E-state index in [0.717, 1.165) is 17.5 Å². The van der Waals surface area contributed by atoms with E-state index in [2.05, 4.69) is 10.3 Å². The predicted octanol–water partition coefficient (Wildman–Crippen LogP) is 0.355. The number of imide groups is 1. The fraction of sp³-hybridized carbons (Fsp3) is 0.333. The van der Waals surface area contributed by atoms with E-state index in [0.29, 0.717) is 0 Å². The van der Waals surface area contributed by atoms with Gasteiger partial charge >= 0.3 is 11.0 Å². The first-order chi connectivity index (χ1) is 9.38. The number of hydrogen-bond donors (Lipinski definition) is 3. The number of primary amides is 1. The highest BCUT2D eigenvalue weighted by Crippen LogP contribution is 2.24. The van der Waals surface area contributed by atoms with Crippen LogP contribution in [-0.2, 0) is 9.59 Å². The Hall–Kier alpha value is -2.56. The van der Waals surface area contributed by atoms with Crippen LogP contribution in [0.1, 0.15) is 19.3 Å². The fourth-order valence-corrected chi connectivity index (χ4v) is 1.85. The van der Waals surface area contributed by atoms with Gasteiger partial charge in [0.1, 0.15) is 6.20 Å². The number of rotatable bonds is 6. The first kappa shape index (κ1) is 15.5. The Bertz CT molecular complexity index is 543. The van der Waals surface area contributed by atoms with Gasteiger partial charge in [-0.2, -0.15) is 0 Å². The van der Waals surface area contributed by atoms with Gasteiger partial charge < -0.3 is 11.1 Å². The second kappa shape index (κ2) is 7.13. The maximum atomic E-state index is 11.5. The maximum absolute atomic E-state index is 11.5. The summed E-state index contributed by atoms with van der Waals surface area (Å²) in [4.78, 5) is 46.3.